The number of aliphatic hydroxyl groups is 1. The molecular weight excluding hydrogens is 220 g/mol. The quantitative estimate of drug-likeness (QED) is 0.583. The molecule has 17 heavy (non-hydrogen) atoms. The minimum Gasteiger partial charge on any atom is -0.396 e. The zero-order valence-corrected chi connectivity index (χ0v) is 10.7. The molecule has 0 radical (unpaired) electrons. The smallest absolute Gasteiger partial charge is 0.234 e. The Labute approximate surface area is 103 Å². The topological polar surface area (TPSA) is 61.8 Å². The molecule has 0 saturated carbocycles. The number of carbonyl (C=O) groups is 1. The van der Waals surface area contributed by atoms with E-state index in [2.05, 4.69) is 10.2 Å². The summed E-state index contributed by atoms with van der Waals surface area (Å²) in [4.78, 5) is 13.7. The molecule has 0 spiro atoms. The third-order valence-electron chi connectivity index (χ3n) is 3.12. The first-order chi connectivity index (χ1) is 8.26. The van der Waals surface area contributed by atoms with Gasteiger partial charge in [0.1, 0.15) is 0 Å². The van der Waals surface area contributed by atoms with Gasteiger partial charge < -0.3 is 15.2 Å². The van der Waals surface area contributed by atoms with Crippen LogP contribution in [-0.4, -0.2) is 62.4 Å². The van der Waals surface area contributed by atoms with Crippen molar-refractivity contribution < 1.29 is 14.6 Å². The molecule has 1 rings (SSSR count). The van der Waals surface area contributed by atoms with E-state index in [1.165, 1.54) is 0 Å². The van der Waals surface area contributed by atoms with Crippen molar-refractivity contribution in [2.24, 2.45) is 5.92 Å². The van der Waals surface area contributed by atoms with Crippen LogP contribution in [-0.2, 0) is 9.53 Å². The average Bonchev–Trinajstić information content (AvgIpc) is 2.73. The molecule has 0 aromatic heterocycles. The van der Waals surface area contributed by atoms with Crippen molar-refractivity contribution in [3.8, 4) is 0 Å². The summed E-state index contributed by atoms with van der Waals surface area (Å²) in [6, 6.07) is 0. The summed E-state index contributed by atoms with van der Waals surface area (Å²) in [5.74, 6) is 0.645. The Balaban J connectivity index is 2.07. The third-order valence-corrected chi connectivity index (χ3v) is 3.12. The van der Waals surface area contributed by atoms with Crippen molar-refractivity contribution in [2.75, 3.05) is 46.5 Å². The van der Waals surface area contributed by atoms with Gasteiger partial charge in [-0.1, -0.05) is 0 Å². The largest absolute Gasteiger partial charge is 0.396 e. The lowest BCUT2D eigenvalue weighted by atomic mass is 10.1. The van der Waals surface area contributed by atoms with E-state index >= 15 is 0 Å². The molecule has 5 heteroatoms. The fourth-order valence-electron chi connectivity index (χ4n) is 2.18. The first kappa shape index (κ1) is 14.4. The van der Waals surface area contributed by atoms with Gasteiger partial charge in [-0.15, -0.1) is 0 Å². The molecule has 0 bridgehead atoms. The molecule has 1 saturated heterocycles. The maximum absolute atomic E-state index is 11.6. The van der Waals surface area contributed by atoms with E-state index in [0.717, 1.165) is 32.4 Å². The molecule has 1 heterocycles. The van der Waals surface area contributed by atoms with Crippen LogP contribution >= 0.6 is 0 Å². The van der Waals surface area contributed by atoms with Crippen molar-refractivity contribution in [3.05, 3.63) is 0 Å². The second kappa shape index (κ2) is 8.44. The zero-order chi connectivity index (χ0) is 12.5. The summed E-state index contributed by atoms with van der Waals surface area (Å²) in [5.41, 5.74) is 0. The van der Waals surface area contributed by atoms with Gasteiger partial charge in [0.05, 0.1) is 6.54 Å². The van der Waals surface area contributed by atoms with Gasteiger partial charge in [0.2, 0.25) is 5.91 Å². The monoisotopic (exact) mass is 244 g/mol. The van der Waals surface area contributed by atoms with Crippen LogP contribution in [0.2, 0.25) is 0 Å². The number of methoxy groups -OCH3 is 1. The SMILES string of the molecule is COCCCNC(=O)CN1CCC(CCO)C1. The Bertz CT molecular complexity index is 224. The van der Waals surface area contributed by atoms with Gasteiger partial charge in [-0.25, -0.2) is 0 Å². The second-order valence-electron chi connectivity index (χ2n) is 4.60. The van der Waals surface area contributed by atoms with Crippen LogP contribution in [0.3, 0.4) is 0 Å². The molecule has 5 nitrogen and oxygen atoms in total. The highest BCUT2D eigenvalue weighted by Gasteiger charge is 2.23. The van der Waals surface area contributed by atoms with E-state index in [-0.39, 0.29) is 12.5 Å². The van der Waals surface area contributed by atoms with Crippen LogP contribution < -0.4 is 5.32 Å². The summed E-state index contributed by atoms with van der Waals surface area (Å²) in [6.45, 7) is 4.00. The molecule has 1 aliphatic rings. The van der Waals surface area contributed by atoms with Gasteiger partial charge in [-0.3, -0.25) is 9.69 Å². The van der Waals surface area contributed by atoms with Gasteiger partial charge in [0.25, 0.3) is 0 Å². The number of likely N-dealkylation sites (tertiary alicyclic amines) is 1. The Morgan fingerprint density at radius 1 is 1.59 bits per heavy atom. The highest BCUT2D eigenvalue weighted by molar-refractivity contribution is 5.77. The third kappa shape index (κ3) is 6.00. The van der Waals surface area contributed by atoms with Crippen LogP contribution in [0, 0.1) is 5.92 Å². The Kier molecular flexibility index (Phi) is 7.16. The Hall–Kier alpha value is -0.650. The first-order valence-corrected chi connectivity index (χ1v) is 6.35. The van der Waals surface area contributed by atoms with E-state index < -0.39 is 0 Å². The molecule has 1 atom stereocenters. The molecule has 1 unspecified atom stereocenters. The number of ether oxygens (including phenoxy) is 1. The molecule has 0 aliphatic carbocycles. The van der Waals surface area contributed by atoms with Gasteiger partial charge in [0.15, 0.2) is 0 Å². The lowest BCUT2D eigenvalue weighted by Crippen LogP contribution is -2.36. The minimum absolute atomic E-state index is 0.0887. The van der Waals surface area contributed by atoms with Gasteiger partial charge in [-0.2, -0.15) is 0 Å². The predicted molar refractivity (Wildman–Crippen MR) is 65.8 cm³/mol. The number of carbonyl (C=O) groups excluding carboxylic acids is 1. The van der Waals surface area contributed by atoms with Crippen molar-refractivity contribution in [2.45, 2.75) is 19.3 Å². The Morgan fingerprint density at radius 2 is 2.41 bits per heavy atom. The standard InChI is InChI=1S/C12H24N2O3/c1-17-8-2-5-13-12(16)10-14-6-3-11(9-14)4-7-15/h11,15H,2-10H2,1H3,(H,13,16). The highest BCUT2D eigenvalue weighted by atomic mass is 16.5. The van der Waals surface area contributed by atoms with Crippen molar-refractivity contribution in [1.82, 2.24) is 10.2 Å². The number of nitrogens with zero attached hydrogens (tertiary/aromatic N) is 1. The summed E-state index contributed by atoms with van der Waals surface area (Å²) in [7, 11) is 1.66. The van der Waals surface area contributed by atoms with E-state index in [9.17, 15) is 4.79 Å². The molecule has 100 valence electrons. The lowest BCUT2D eigenvalue weighted by molar-refractivity contribution is -0.122. The molecular formula is C12H24N2O3. The predicted octanol–water partition coefficient (Wildman–Crippen LogP) is -0.157. The molecule has 1 aliphatic heterocycles. The number of aliphatic hydroxyl groups excluding tert-OH is 1. The number of amides is 1. The van der Waals surface area contributed by atoms with E-state index in [1.807, 2.05) is 0 Å². The summed E-state index contributed by atoms with van der Waals surface area (Å²) in [5, 5.41) is 11.7. The Morgan fingerprint density at radius 3 is 3.12 bits per heavy atom. The lowest BCUT2D eigenvalue weighted by Gasteiger charge is -2.15. The van der Waals surface area contributed by atoms with Crippen LogP contribution in [0.15, 0.2) is 0 Å². The van der Waals surface area contributed by atoms with Crippen molar-refractivity contribution in [3.63, 3.8) is 0 Å². The minimum atomic E-state index is 0.0887. The molecule has 0 aromatic rings. The number of rotatable bonds is 8. The molecule has 1 amide bonds. The van der Waals surface area contributed by atoms with Gasteiger partial charge in [0, 0.05) is 33.4 Å². The normalized spacial score (nSPS) is 20.7. The van der Waals surface area contributed by atoms with Gasteiger partial charge in [-0.05, 0) is 31.7 Å². The number of hydrogen-bond acceptors (Lipinski definition) is 4. The second-order valence-corrected chi connectivity index (χ2v) is 4.60. The van der Waals surface area contributed by atoms with Gasteiger partial charge >= 0.3 is 0 Å². The summed E-state index contributed by atoms with van der Waals surface area (Å²) < 4.78 is 4.91. The molecule has 1 fully saturated rings. The van der Waals surface area contributed by atoms with Crippen molar-refractivity contribution >= 4 is 5.91 Å². The molecule has 2 N–H and O–H groups in total. The van der Waals surface area contributed by atoms with E-state index in [1.54, 1.807) is 7.11 Å². The van der Waals surface area contributed by atoms with E-state index in [4.69, 9.17) is 9.84 Å². The number of hydrogen-bond donors (Lipinski definition) is 2. The number of nitrogens with one attached hydrogen (secondary N) is 1. The van der Waals surface area contributed by atoms with E-state index in [0.29, 0.717) is 25.6 Å². The first-order valence-electron chi connectivity index (χ1n) is 6.35. The van der Waals surface area contributed by atoms with Crippen LogP contribution in [0.5, 0.6) is 0 Å². The van der Waals surface area contributed by atoms with Crippen LogP contribution in [0.25, 0.3) is 0 Å². The summed E-state index contributed by atoms with van der Waals surface area (Å²) in [6.07, 6.45) is 2.80. The maximum Gasteiger partial charge on any atom is 0.234 e. The van der Waals surface area contributed by atoms with Crippen LogP contribution in [0.1, 0.15) is 19.3 Å². The fraction of sp³-hybridized carbons (Fsp3) is 0.917. The fourth-order valence-corrected chi connectivity index (χ4v) is 2.18. The van der Waals surface area contributed by atoms with Crippen molar-refractivity contribution in [1.29, 1.82) is 0 Å². The molecule has 0 aromatic carbocycles. The van der Waals surface area contributed by atoms with Crippen LogP contribution in [0.4, 0.5) is 0 Å². The zero-order valence-electron chi connectivity index (χ0n) is 10.7. The average molecular weight is 244 g/mol. The summed E-state index contributed by atoms with van der Waals surface area (Å²) >= 11 is 0. The maximum atomic E-state index is 11.6. The highest BCUT2D eigenvalue weighted by Crippen LogP contribution is 2.18.